The number of benzene rings is 3. The molecule has 0 saturated carbocycles. The molecule has 7 heteroatoms. The van der Waals surface area contributed by atoms with Crippen molar-refractivity contribution in [3.8, 4) is 5.75 Å². The van der Waals surface area contributed by atoms with Crippen molar-refractivity contribution >= 4 is 27.3 Å². The van der Waals surface area contributed by atoms with E-state index >= 15 is 0 Å². The number of carbonyl (C=O) groups is 1. The maximum Gasteiger partial charge on any atom is 0.264 e. The molecule has 1 amide bonds. The number of amides is 1. The van der Waals surface area contributed by atoms with Crippen LogP contribution in [0.4, 0.5) is 11.4 Å². The Morgan fingerprint density at radius 1 is 0.966 bits per heavy atom. The Bertz CT molecular complexity index is 1140. The lowest BCUT2D eigenvalue weighted by Crippen LogP contribution is -2.29. The monoisotopic (exact) mass is 408 g/mol. The summed E-state index contributed by atoms with van der Waals surface area (Å²) < 4.78 is 32.6. The summed E-state index contributed by atoms with van der Waals surface area (Å²) in [5.41, 5.74) is 2.74. The second-order valence-electron chi connectivity index (χ2n) is 6.66. The topological polar surface area (TPSA) is 75.7 Å². The molecule has 0 bridgehead atoms. The summed E-state index contributed by atoms with van der Waals surface area (Å²) in [5, 5.41) is 2.78. The minimum atomic E-state index is -3.67. The quantitative estimate of drug-likeness (QED) is 0.699. The van der Waals surface area contributed by atoms with Crippen LogP contribution < -0.4 is 14.4 Å². The lowest BCUT2D eigenvalue weighted by atomic mass is 10.2. The largest absolute Gasteiger partial charge is 0.497 e. The highest BCUT2D eigenvalue weighted by Crippen LogP contribution is 2.32. The number of anilines is 2. The van der Waals surface area contributed by atoms with Crippen LogP contribution in [0.15, 0.2) is 77.7 Å². The van der Waals surface area contributed by atoms with Crippen molar-refractivity contribution in [2.24, 2.45) is 0 Å². The van der Waals surface area contributed by atoms with Gasteiger partial charge in [0.1, 0.15) is 5.75 Å². The summed E-state index contributed by atoms with van der Waals surface area (Å²) in [7, 11) is -2.10. The van der Waals surface area contributed by atoms with Gasteiger partial charge in [-0.15, -0.1) is 0 Å². The van der Waals surface area contributed by atoms with Gasteiger partial charge >= 0.3 is 0 Å². The van der Waals surface area contributed by atoms with Crippen molar-refractivity contribution < 1.29 is 17.9 Å². The van der Waals surface area contributed by atoms with E-state index in [2.05, 4.69) is 5.32 Å². The molecule has 3 aromatic carbocycles. The molecule has 6 nitrogen and oxygen atoms in total. The first-order valence-corrected chi connectivity index (χ1v) is 10.6. The second kappa shape index (κ2) is 7.60. The summed E-state index contributed by atoms with van der Waals surface area (Å²) >= 11 is 0. The zero-order chi connectivity index (χ0) is 20.4. The molecule has 1 aliphatic heterocycles. The van der Waals surface area contributed by atoms with Crippen molar-refractivity contribution in [3.63, 3.8) is 0 Å². The number of hydrogen-bond acceptors (Lipinski definition) is 4. The Hall–Kier alpha value is -3.32. The predicted molar refractivity (Wildman–Crippen MR) is 112 cm³/mol. The molecule has 0 unspecified atom stereocenters. The van der Waals surface area contributed by atoms with Crippen molar-refractivity contribution in [1.82, 2.24) is 0 Å². The van der Waals surface area contributed by atoms with Crippen molar-refractivity contribution in [3.05, 3.63) is 83.9 Å². The average molecular weight is 408 g/mol. The first kappa shape index (κ1) is 19.0. The zero-order valence-corrected chi connectivity index (χ0v) is 16.6. The number of carbonyl (C=O) groups excluding carboxylic acids is 1. The molecule has 4 rings (SSSR count). The number of sulfonamides is 1. The van der Waals surface area contributed by atoms with Crippen LogP contribution in [-0.4, -0.2) is 28.0 Å². The van der Waals surface area contributed by atoms with Crippen LogP contribution >= 0.6 is 0 Å². The van der Waals surface area contributed by atoms with E-state index in [0.717, 1.165) is 5.56 Å². The Morgan fingerprint density at radius 3 is 2.34 bits per heavy atom. The van der Waals surface area contributed by atoms with Gasteiger partial charge in [-0.2, -0.15) is 0 Å². The van der Waals surface area contributed by atoms with Crippen LogP contribution in [0.3, 0.4) is 0 Å². The molecule has 1 heterocycles. The maximum absolute atomic E-state index is 13.0. The van der Waals surface area contributed by atoms with Gasteiger partial charge < -0.3 is 10.1 Å². The van der Waals surface area contributed by atoms with Gasteiger partial charge in [-0.1, -0.05) is 18.2 Å². The number of para-hydroxylation sites is 1. The predicted octanol–water partition coefficient (Wildman–Crippen LogP) is 3.70. The third-order valence-corrected chi connectivity index (χ3v) is 6.72. The number of nitrogens with one attached hydrogen (secondary N) is 1. The number of rotatable bonds is 5. The van der Waals surface area contributed by atoms with E-state index < -0.39 is 10.0 Å². The summed E-state index contributed by atoms with van der Waals surface area (Å²) in [6.07, 6.45) is 0.692. The lowest BCUT2D eigenvalue weighted by Gasteiger charge is -2.19. The second-order valence-corrected chi connectivity index (χ2v) is 8.53. The number of methoxy groups -OCH3 is 1. The third-order valence-electron chi connectivity index (χ3n) is 4.90. The molecular formula is C22H20N2O4S. The fraction of sp³-hybridized carbons (Fsp3) is 0.136. The normalized spacial score (nSPS) is 13.1. The van der Waals surface area contributed by atoms with Crippen LogP contribution in [0.5, 0.6) is 5.75 Å². The Labute approximate surface area is 169 Å². The number of ether oxygens (including phenoxy) is 1. The van der Waals surface area contributed by atoms with Gasteiger partial charge in [0.25, 0.3) is 15.9 Å². The van der Waals surface area contributed by atoms with E-state index in [1.165, 1.54) is 28.6 Å². The fourth-order valence-corrected chi connectivity index (χ4v) is 4.84. The summed E-state index contributed by atoms with van der Waals surface area (Å²) in [6, 6.07) is 20.5. The Morgan fingerprint density at radius 2 is 1.66 bits per heavy atom. The minimum absolute atomic E-state index is 0.162. The standard InChI is InChI=1S/C22H20N2O4S/c1-28-19-10-8-18(9-11-19)23-22(25)17-6-12-20(13-7-17)29(26,27)24-15-14-16-4-2-3-5-21(16)24/h2-13H,14-15H2,1H3,(H,23,25). The molecule has 1 aliphatic rings. The smallest absolute Gasteiger partial charge is 0.264 e. The Kier molecular flexibility index (Phi) is 4.98. The third kappa shape index (κ3) is 3.69. The van der Waals surface area contributed by atoms with E-state index in [4.69, 9.17) is 4.74 Å². The minimum Gasteiger partial charge on any atom is -0.497 e. The van der Waals surface area contributed by atoms with Crippen LogP contribution in [0.2, 0.25) is 0 Å². The highest BCUT2D eigenvalue weighted by molar-refractivity contribution is 7.92. The number of nitrogens with zero attached hydrogens (tertiary/aromatic N) is 1. The van der Waals surface area contributed by atoms with E-state index in [0.29, 0.717) is 35.7 Å². The molecule has 0 saturated heterocycles. The van der Waals surface area contributed by atoms with E-state index in [-0.39, 0.29) is 10.8 Å². The van der Waals surface area contributed by atoms with Gasteiger partial charge in [0, 0.05) is 17.8 Å². The molecule has 0 spiro atoms. The maximum atomic E-state index is 13.0. The fourth-order valence-electron chi connectivity index (χ4n) is 3.34. The molecule has 0 atom stereocenters. The van der Waals surface area contributed by atoms with E-state index in [9.17, 15) is 13.2 Å². The number of fused-ring (bicyclic) bond motifs is 1. The molecule has 0 radical (unpaired) electrons. The molecule has 1 N–H and O–H groups in total. The number of hydrogen-bond donors (Lipinski definition) is 1. The van der Waals surface area contributed by atoms with Gasteiger partial charge in [-0.3, -0.25) is 9.10 Å². The SMILES string of the molecule is COc1ccc(NC(=O)c2ccc(S(=O)(=O)N3CCc4ccccc43)cc2)cc1. The van der Waals surface area contributed by atoms with Crippen molar-refractivity contribution in [2.75, 3.05) is 23.3 Å². The summed E-state index contributed by atoms with van der Waals surface area (Å²) in [4.78, 5) is 12.6. The van der Waals surface area contributed by atoms with Crippen LogP contribution in [0.25, 0.3) is 0 Å². The Balaban J connectivity index is 1.52. The van der Waals surface area contributed by atoms with Crippen molar-refractivity contribution in [2.45, 2.75) is 11.3 Å². The van der Waals surface area contributed by atoms with E-state index in [1.54, 1.807) is 31.4 Å². The highest BCUT2D eigenvalue weighted by atomic mass is 32.2. The first-order chi connectivity index (χ1) is 14.0. The zero-order valence-electron chi connectivity index (χ0n) is 15.8. The van der Waals surface area contributed by atoms with E-state index in [1.807, 2.05) is 24.3 Å². The van der Waals surface area contributed by atoms with Gasteiger partial charge in [0.15, 0.2) is 0 Å². The summed E-state index contributed by atoms with van der Waals surface area (Å²) in [6.45, 7) is 0.418. The highest BCUT2D eigenvalue weighted by Gasteiger charge is 2.30. The molecule has 0 aromatic heterocycles. The molecule has 0 fully saturated rings. The lowest BCUT2D eigenvalue weighted by molar-refractivity contribution is 0.102. The first-order valence-electron chi connectivity index (χ1n) is 9.15. The molecule has 3 aromatic rings. The van der Waals surface area contributed by atoms with Crippen molar-refractivity contribution in [1.29, 1.82) is 0 Å². The average Bonchev–Trinajstić information content (AvgIpc) is 3.19. The molecule has 29 heavy (non-hydrogen) atoms. The molecule has 0 aliphatic carbocycles. The van der Waals surface area contributed by atoms with Gasteiger partial charge in [0.2, 0.25) is 0 Å². The van der Waals surface area contributed by atoms with Crippen LogP contribution in [0.1, 0.15) is 15.9 Å². The van der Waals surface area contributed by atoms with Crippen LogP contribution in [-0.2, 0) is 16.4 Å². The molecular weight excluding hydrogens is 388 g/mol. The molecule has 148 valence electrons. The summed E-state index contributed by atoms with van der Waals surface area (Å²) in [5.74, 6) is 0.381. The van der Waals surface area contributed by atoms with Gasteiger partial charge in [0.05, 0.1) is 17.7 Å². The van der Waals surface area contributed by atoms with Gasteiger partial charge in [-0.25, -0.2) is 8.42 Å². The van der Waals surface area contributed by atoms with Crippen LogP contribution in [0, 0.1) is 0 Å². The van der Waals surface area contributed by atoms with Gasteiger partial charge in [-0.05, 0) is 66.6 Å².